The summed E-state index contributed by atoms with van der Waals surface area (Å²) >= 11 is 1.88. The van der Waals surface area contributed by atoms with Gasteiger partial charge in [0.05, 0.1) is 11.4 Å². The first-order chi connectivity index (χ1) is 10.8. The molecule has 2 aromatic rings. The van der Waals surface area contributed by atoms with Crippen molar-refractivity contribution in [1.82, 2.24) is 4.90 Å². The molecule has 0 fully saturated rings. The zero-order valence-electron chi connectivity index (χ0n) is 12.8. The second-order valence-corrected chi connectivity index (χ2v) is 7.10. The summed E-state index contributed by atoms with van der Waals surface area (Å²) < 4.78 is 0. The van der Waals surface area contributed by atoms with E-state index in [0.29, 0.717) is 0 Å². The summed E-state index contributed by atoms with van der Waals surface area (Å²) in [5.74, 6) is 0. The van der Waals surface area contributed by atoms with E-state index in [2.05, 4.69) is 71.5 Å². The van der Waals surface area contributed by atoms with Crippen LogP contribution in [0, 0.1) is 0 Å². The number of benzene rings is 2. The monoisotopic (exact) mass is 308 g/mol. The molecule has 3 heteroatoms. The van der Waals surface area contributed by atoms with Gasteiger partial charge in [0.1, 0.15) is 0 Å². The first-order valence-corrected chi connectivity index (χ1v) is 8.63. The fraction of sp³-hybridized carbons (Fsp3) is 0.263. The molecule has 0 spiro atoms. The van der Waals surface area contributed by atoms with Crippen LogP contribution >= 0.6 is 11.8 Å². The fourth-order valence-electron chi connectivity index (χ4n) is 3.25. The van der Waals surface area contributed by atoms with E-state index in [1.54, 1.807) is 0 Å². The smallest absolute Gasteiger partial charge is 0.0555 e. The van der Waals surface area contributed by atoms with Crippen LogP contribution in [0.1, 0.15) is 6.42 Å². The highest BCUT2D eigenvalue weighted by molar-refractivity contribution is 7.99. The van der Waals surface area contributed by atoms with Crippen LogP contribution < -0.4 is 4.90 Å². The number of nitrogens with zero attached hydrogens (tertiary/aromatic N) is 2. The maximum atomic E-state index is 2.48. The van der Waals surface area contributed by atoms with Crippen molar-refractivity contribution >= 4 is 23.1 Å². The Morgan fingerprint density at radius 1 is 0.955 bits per heavy atom. The SMILES string of the molecule is CN1CCC=C(CN2c3ccccc3Sc3ccccc32)C1. The lowest BCUT2D eigenvalue weighted by molar-refractivity contribution is 0.353. The molecule has 22 heavy (non-hydrogen) atoms. The van der Waals surface area contributed by atoms with E-state index in [0.717, 1.165) is 19.5 Å². The largest absolute Gasteiger partial charge is 0.335 e. The molecule has 4 rings (SSSR count). The van der Waals surface area contributed by atoms with Gasteiger partial charge in [-0.05, 0) is 43.3 Å². The van der Waals surface area contributed by atoms with Gasteiger partial charge in [-0.15, -0.1) is 0 Å². The van der Waals surface area contributed by atoms with Gasteiger partial charge in [0.15, 0.2) is 0 Å². The molecule has 2 heterocycles. The topological polar surface area (TPSA) is 6.48 Å². The van der Waals surface area contributed by atoms with E-state index in [4.69, 9.17) is 0 Å². The van der Waals surface area contributed by atoms with E-state index >= 15 is 0 Å². The van der Waals surface area contributed by atoms with Gasteiger partial charge in [-0.3, -0.25) is 0 Å². The van der Waals surface area contributed by atoms with Gasteiger partial charge in [-0.25, -0.2) is 0 Å². The molecule has 0 bridgehead atoms. The second kappa shape index (κ2) is 5.82. The van der Waals surface area contributed by atoms with Crippen molar-refractivity contribution in [3.05, 3.63) is 60.2 Å². The van der Waals surface area contributed by atoms with Crippen molar-refractivity contribution in [2.45, 2.75) is 16.2 Å². The molecule has 0 unspecified atom stereocenters. The third-order valence-electron chi connectivity index (χ3n) is 4.31. The molecule has 0 saturated carbocycles. The molecule has 2 nitrogen and oxygen atoms in total. The summed E-state index contributed by atoms with van der Waals surface area (Å²) in [7, 11) is 2.21. The van der Waals surface area contributed by atoms with E-state index in [-0.39, 0.29) is 0 Å². The summed E-state index contributed by atoms with van der Waals surface area (Å²) in [6, 6.07) is 17.5. The van der Waals surface area contributed by atoms with Crippen molar-refractivity contribution in [1.29, 1.82) is 0 Å². The van der Waals surface area contributed by atoms with Crippen molar-refractivity contribution in [3.8, 4) is 0 Å². The highest BCUT2D eigenvalue weighted by atomic mass is 32.2. The summed E-state index contributed by atoms with van der Waals surface area (Å²) in [5, 5.41) is 0. The number of hydrogen-bond acceptors (Lipinski definition) is 3. The molecular formula is C19H20N2S. The van der Waals surface area contributed by atoms with Gasteiger partial charge in [0.25, 0.3) is 0 Å². The van der Waals surface area contributed by atoms with Crippen LogP contribution in [0.5, 0.6) is 0 Å². The normalized spacial score (nSPS) is 17.7. The summed E-state index contributed by atoms with van der Waals surface area (Å²) in [5.41, 5.74) is 4.19. The summed E-state index contributed by atoms with van der Waals surface area (Å²) in [6.45, 7) is 3.24. The first-order valence-electron chi connectivity index (χ1n) is 7.81. The zero-order chi connectivity index (χ0) is 14.9. The van der Waals surface area contributed by atoms with Gasteiger partial charge < -0.3 is 9.80 Å². The highest BCUT2D eigenvalue weighted by Gasteiger charge is 2.24. The number of fused-ring (bicyclic) bond motifs is 2. The molecule has 112 valence electrons. The fourth-order valence-corrected chi connectivity index (χ4v) is 4.34. The van der Waals surface area contributed by atoms with Gasteiger partial charge in [-0.2, -0.15) is 0 Å². The summed E-state index contributed by atoms with van der Waals surface area (Å²) in [6.07, 6.45) is 3.59. The van der Waals surface area contributed by atoms with Crippen molar-refractivity contribution < 1.29 is 0 Å². The van der Waals surface area contributed by atoms with Gasteiger partial charge in [0, 0.05) is 29.4 Å². The zero-order valence-corrected chi connectivity index (χ0v) is 13.6. The van der Waals surface area contributed by atoms with Crippen LogP contribution in [0.25, 0.3) is 0 Å². The molecule has 0 radical (unpaired) electrons. The Balaban J connectivity index is 1.73. The molecule has 2 aliphatic rings. The van der Waals surface area contributed by atoms with E-state index in [1.807, 2.05) is 11.8 Å². The lowest BCUT2D eigenvalue weighted by atomic mass is 10.1. The first kappa shape index (κ1) is 13.9. The molecule has 0 N–H and O–H groups in total. The predicted molar refractivity (Wildman–Crippen MR) is 94.2 cm³/mol. The molecule has 0 atom stereocenters. The lowest BCUT2D eigenvalue weighted by Gasteiger charge is -2.35. The Kier molecular flexibility index (Phi) is 3.68. The van der Waals surface area contributed by atoms with Crippen molar-refractivity contribution in [2.75, 3.05) is 31.6 Å². The van der Waals surface area contributed by atoms with Gasteiger partial charge in [-0.1, -0.05) is 42.1 Å². The molecule has 0 saturated heterocycles. The molecule has 2 aromatic carbocycles. The Morgan fingerprint density at radius 3 is 2.23 bits per heavy atom. The average Bonchev–Trinajstić information content (AvgIpc) is 2.55. The Labute approximate surface area is 136 Å². The standard InChI is InChI=1S/C19H20N2S/c1-20-12-6-7-15(13-20)14-21-16-8-2-4-10-18(16)22-19-11-5-3-9-17(19)21/h2-5,7-11H,6,12-14H2,1H3. The van der Waals surface area contributed by atoms with E-state index in [9.17, 15) is 0 Å². The minimum absolute atomic E-state index is 0.985. The number of hydrogen-bond donors (Lipinski definition) is 0. The average molecular weight is 308 g/mol. The molecule has 0 aliphatic carbocycles. The quantitative estimate of drug-likeness (QED) is 0.751. The second-order valence-electron chi connectivity index (χ2n) is 6.01. The number of likely N-dealkylation sites (N-methyl/N-ethyl adjacent to an activating group) is 1. The number of anilines is 2. The van der Waals surface area contributed by atoms with Gasteiger partial charge >= 0.3 is 0 Å². The highest BCUT2D eigenvalue weighted by Crippen LogP contribution is 2.48. The molecule has 0 amide bonds. The lowest BCUT2D eigenvalue weighted by Crippen LogP contribution is -2.31. The molecule has 2 aliphatic heterocycles. The van der Waals surface area contributed by atoms with Crippen LogP contribution in [-0.2, 0) is 0 Å². The minimum Gasteiger partial charge on any atom is -0.335 e. The Morgan fingerprint density at radius 2 is 1.59 bits per heavy atom. The summed E-state index contributed by atoms with van der Waals surface area (Å²) in [4.78, 5) is 7.59. The van der Waals surface area contributed by atoms with Crippen LogP contribution in [0.2, 0.25) is 0 Å². The maximum absolute atomic E-state index is 2.48. The van der Waals surface area contributed by atoms with Crippen molar-refractivity contribution in [3.63, 3.8) is 0 Å². The predicted octanol–water partition coefficient (Wildman–Crippen LogP) is 4.55. The Bertz CT molecular complexity index is 677. The van der Waals surface area contributed by atoms with Crippen molar-refractivity contribution in [2.24, 2.45) is 0 Å². The third-order valence-corrected chi connectivity index (χ3v) is 5.44. The van der Waals surface area contributed by atoms with Crippen LogP contribution in [0.3, 0.4) is 0 Å². The number of rotatable bonds is 2. The van der Waals surface area contributed by atoms with E-state index in [1.165, 1.54) is 33.3 Å². The Hall–Kier alpha value is -1.71. The minimum atomic E-state index is 0.985. The molecular weight excluding hydrogens is 288 g/mol. The van der Waals surface area contributed by atoms with Gasteiger partial charge in [0.2, 0.25) is 0 Å². The van der Waals surface area contributed by atoms with Crippen LogP contribution in [-0.4, -0.2) is 31.6 Å². The maximum Gasteiger partial charge on any atom is 0.0555 e. The number of para-hydroxylation sites is 2. The third kappa shape index (κ3) is 2.55. The van der Waals surface area contributed by atoms with E-state index < -0.39 is 0 Å². The van der Waals surface area contributed by atoms with Crippen LogP contribution in [0.15, 0.2) is 70.0 Å². The molecule has 0 aromatic heterocycles. The van der Waals surface area contributed by atoms with Crippen LogP contribution in [0.4, 0.5) is 11.4 Å².